The van der Waals surface area contributed by atoms with E-state index >= 15 is 0 Å². The molecule has 2 aromatic carbocycles. The van der Waals surface area contributed by atoms with Crippen LogP contribution in [0.15, 0.2) is 58.1 Å². The van der Waals surface area contributed by atoms with Gasteiger partial charge >= 0.3 is 17.9 Å². The second-order valence-electron chi connectivity index (χ2n) is 7.11. The van der Waals surface area contributed by atoms with Gasteiger partial charge in [0.2, 0.25) is 0 Å². The van der Waals surface area contributed by atoms with Gasteiger partial charge < -0.3 is 4.74 Å². The molecule has 0 unspecified atom stereocenters. The van der Waals surface area contributed by atoms with Gasteiger partial charge in [-0.1, -0.05) is 29.8 Å². The Balaban J connectivity index is 1.91. The fourth-order valence-electron chi connectivity index (χ4n) is 3.26. The fourth-order valence-corrected chi connectivity index (χ4v) is 3.39. The van der Waals surface area contributed by atoms with Crippen LogP contribution in [0.25, 0.3) is 11.2 Å². The first kappa shape index (κ1) is 21.7. The summed E-state index contributed by atoms with van der Waals surface area (Å²) in [6.45, 7) is 0.107. The Hall–Kier alpha value is -3.53. The van der Waals surface area contributed by atoms with Crippen molar-refractivity contribution in [3.8, 4) is 11.8 Å². The van der Waals surface area contributed by atoms with Crippen molar-refractivity contribution in [2.45, 2.75) is 12.7 Å². The standard InChI is InChI=1S/C21H16ClF3N4O3/c1-27-17-16(18(30)28(2)20(27)31)29(11-12-6-8-14(22)9-7-12)19(26-17)32-15-5-3-4-13(10-15)21(23,24)25/h3-10H,11H2,1-2H3. The molecule has 0 saturated heterocycles. The number of nitrogens with zero attached hydrogens (tertiary/aromatic N) is 4. The lowest BCUT2D eigenvalue weighted by molar-refractivity contribution is -0.137. The Morgan fingerprint density at radius 3 is 2.38 bits per heavy atom. The predicted octanol–water partition coefficient (Wildman–Crippen LogP) is 3.95. The Labute approximate surface area is 183 Å². The van der Waals surface area contributed by atoms with E-state index in [0.29, 0.717) is 5.02 Å². The number of imidazole rings is 1. The molecule has 0 spiro atoms. The maximum atomic E-state index is 13.1. The van der Waals surface area contributed by atoms with Gasteiger partial charge in [-0.2, -0.15) is 18.2 Å². The summed E-state index contributed by atoms with van der Waals surface area (Å²) in [6, 6.07) is 11.0. The Morgan fingerprint density at radius 2 is 1.72 bits per heavy atom. The van der Waals surface area contributed by atoms with Crippen molar-refractivity contribution in [1.29, 1.82) is 0 Å². The molecular weight excluding hydrogens is 449 g/mol. The summed E-state index contributed by atoms with van der Waals surface area (Å²) in [5.74, 6) is -0.116. The molecule has 4 aromatic rings. The Bertz CT molecular complexity index is 1440. The Morgan fingerprint density at radius 1 is 1.03 bits per heavy atom. The summed E-state index contributed by atoms with van der Waals surface area (Å²) >= 11 is 5.94. The van der Waals surface area contributed by atoms with E-state index in [0.717, 1.165) is 22.3 Å². The average molecular weight is 465 g/mol. The minimum Gasteiger partial charge on any atom is -0.425 e. The first-order chi connectivity index (χ1) is 15.1. The second kappa shape index (κ2) is 7.86. The van der Waals surface area contributed by atoms with Crippen LogP contribution in [0, 0.1) is 0 Å². The van der Waals surface area contributed by atoms with Crippen LogP contribution >= 0.6 is 11.6 Å². The predicted molar refractivity (Wildman–Crippen MR) is 112 cm³/mol. The summed E-state index contributed by atoms with van der Waals surface area (Å²) < 4.78 is 48.5. The highest BCUT2D eigenvalue weighted by Crippen LogP contribution is 2.33. The van der Waals surface area contributed by atoms with E-state index in [-0.39, 0.29) is 29.5 Å². The van der Waals surface area contributed by atoms with E-state index in [1.54, 1.807) is 24.3 Å². The number of hydrogen-bond acceptors (Lipinski definition) is 4. The van der Waals surface area contributed by atoms with Gasteiger partial charge in [-0.15, -0.1) is 0 Å². The van der Waals surface area contributed by atoms with Crippen molar-refractivity contribution in [2.24, 2.45) is 14.1 Å². The van der Waals surface area contributed by atoms with E-state index in [4.69, 9.17) is 16.3 Å². The molecule has 0 saturated carbocycles. The SMILES string of the molecule is Cn1c(=O)c2c(nc(Oc3cccc(C(F)(F)F)c3)n2Cc2ccc(Cl)cc2)n(C)c1=O. The molecule has 0 radical (unpaired) electrons. The van der Waals surface area contributed by atoms with Gasteiger partial charge in [-0.25, -0.2) is 4.79 Å². The first-order valence-corrected chi connectivity index (χ1v) is 9.70. The molecule has 0 aliphatic carbocycles. The van der Waals surface area contributed by atoms with Gasteiger partial charge in [0.15, 0.2) is 11.2 Å². The lowest BCUT2D eigenvalue weighted by atomic mass is 10.2. The van der Waals surface area contributed by atoms with Crippen LogP contribution < -0.4 is 16.0 Å². The van der Waals surface area contributed by atoms with E-state index in [9.17, 15) is 22.8 Å². The van der Waals surface area contributed by atoms with Crippen LogP contribution in [-0.2, 0) is 26.8 Å². The van der Waals surface area contributed by atoms with Gasteiger partial charge in [-0.05, 0) is 35.9 Å². The lowest BCUT2D eigenvalue weighted by Gasteiger charge is -2.12. The molecular formula is C21H16ClF3N4O3. The van der Waals surface area contributed by atoms with Gasteiger partial charge in [0.05, 0.1) is 12.1 Å². The third kappa shape index (κ3) is 3.89. The number of aryl methyl sites for hydroxylation is 1. The minimum absolute atomic E-state index is 0.0500. The highest BCUT2D eigenvalue weighted by molar-refractivity contribution is 6.30. The first-order valence-electron chi connectivity index (χ1n) is 9.32. The molecule has 2 heterocycles. The number of aromatic nitrogens is 4. The zero-order valence-corrected chi connectivity index (χ0v) is 17.6. The summed E-state index contributed by atoms with van der Waals surface area (Å²) in [7, 11) is 2.77. The van der Waals surface area contributed by atoms with E-state index in [1.807, 2.05) is 0 Å². The minimum atomic E-state index is -4.55. The molecule has 2 aromatic heterocycles. The highest BCUT2D eigenvalue weighted by atomic mass is 35.5. The van der Waals surface area contributed by atoms with Crippen molar-refractivity contribution >= 4 is 22.8 Å². The zero-order valence-electron chi connectivity index (χ0n) is 16.9. The average Bonchev–Trinajstić information content (AvgIpc) is 3.10. The molecule has 0 aliphatic rings. The molecule has 0 atom stereocenters. The van der Waals surface area contributed by atoms with Gasteiger partial charge in [0, 0.05) is 19.1 Å². The number of ether oxygens (including phenoxy) is 1. The molecule has 0 fully saturated rings. The molecule has 11 heteroatoms. The molecule has 32 heavy (non-hydrogen) atoms. The summed E-state index contributed by atoms with van der Waals surface area (Å²) in [5.41, 5.74) is -1.23. The van der Waals surface area contributed by atoms with Crippen LogP contribution in [0.1, 0.15) is 11.1 Å². The largest absolute Gasteiger partial charge is 0.425 e. The number of halogens is 4. The Kier molecular flexibility index (Phi) is 5.33. The molecule has 4 rings (SSSR count). The van der Waals surface area contributed by atoms with Crippen molar-refractivity contribution in [1.82, 2.24) is 18.7 Å². The van der Waals surface area contributed by atoms with Gasteiger partial charge in [-0.3, -0.25) is 18.5 Å². The van der Waals surface area contributed by atoms with Crippen LogP contribution in [0.4, 0.5) is 13.2 Å². The number of benzene rings is 2. The summed E-state index contributed by atoms with van der Waals surface area (Å²) in [5, 5.41) is 0.517. The third-order valence-electron chi connectivity index (χ3n) is 4.94. The van der Waals surface area contributed by atoms with Crippen LogP contribution in [0.2, 0.25) is 5.02 Å². The van der Waals surface area contributed by atoms with E-state index < -0.39 is 23.0 Å². The van der Waals surface area contributed by atoms with Crippen molar-refractivity contribution < 1.29 is 17.9 Å². The van der Waals surface area contributed by atoms with E-state index in [1.165, 1.54) is 35.4 Å². The molecule has 7 nitrogen and oxygen atoms in total. The second-order valence-corrected chi connectivity index (χ2v) is 7.55. The van der Waals surface area contributed by atoms with Crippen LogP contribution in [0.3, 0.4) is 0 Å². The normalized spacial score (nSPS) is 11.8. The van der Waals surface area contributed by atoms with Crippen LogP contribution in [-0.4, -0.2) is 18.7 Å². The molecule has 0 aliphatic heterocycles. The van der Waals surface area contributed by atoms with Crippen LogP contribution in [0.5, 0.6) is 11.8 Å². The molecule has 0 N–H and O–H groups in total. The topological polar surface area (TPSA) is 71.1 Å². The maximum Gasteiger partial charge on any atom is 0.416 e. The smallest absolute Gasteiger partial charge is 0.416 e. The van der Waals surface area contributed by atoms with Crippen molar-refractivity contribution in [3.63, 3.8) is 0 Å². The number of fused-ring (bicyclic) bond motifs is 1. The van der Waals surface area contributed by atoms with Gasteiger partial charge in [0.1, 0.15) is 5.75 Å². The lowest BCUT2D eigenvalue weighted by Crippen LogP contribution is -2.37. The zero-order chi connectivity index (χ0) is 23.2. The van der Waals surface area contributed by atoms with E-state index in [2.05, 4.69) is 4.98 Å². The van der Waals surface area contributed by atoms with Crippen molar-refractivity contribution in [3.05, 3.63) is 85.5 Å². The molecule has 0 bridgehead atoms. The highest BCUT2D eigenvalue weighted by Gasteiger charge is 2.31. The quantitative estimate of drug-likeness (QED) is 0.458. The summed E-state index contributed by atoms with van der Waals surface area (Å²) in [6.07, 6.45) is -4.55. The monoisotopic (exact) mass is 464 g/mol. The number of alkyl halides is 3. The van der Waals surface area contributed by atoms with Gasteiger partial charge in [0.25, 0.3) is 5.56 Å². The fraction of sp³-hybridized carbons (Fsp3) is 0.190. The molecule has 0 amide bonds. The maximum absolute atomic E-state index is 13.1. The summed E-state index contributed by atoms with van der Waals surface area (Å²) in [4.78, 5) is 29.5. The third-order valence-corrected chi connectivity index (χ3v) is 5.19. The number of rotatable bonds is 4. The van der Waals surface area contributed by atoms with Crippen molar-refractivity contribution in [2.75, 3.05) is 0 Å². The number of hydrogen-bond donors (Lipinski definition) is 0. The molecule has 166 valence electrons.